The number of benzene rings is 1. The molecule has 1 aromatic carbocycles. The van der Waals surface area contributed by atoms with Gasteiger partial charge in [-0.1, -0.05) is 24.3 Å². The second-order valence-corrected chi connectivity index (χ2v) is 6.76. The molecule has 0 aliphatic carbocycles. The van der Waals surface area contributed by atoms with Gasteiger partial charge in [0.25, 0.3) is 0 Å². The molecule has 0 amide bonds. The molecule has 0 aliphatic heterocycles. The number of nitrogens with zero attached hydrogens (tertiary/aromatic N) is 2. The lowest BCUT2D eigenvalue weighted by molar-refractivity contribution is 0.0268. The van der Waals surface area contributed by atoms with Crippen LogP contribution in [-0.4, -0.2) is 50.5 Å². The van der Waals surface area contributed by atoms with Gasteiger partial charge in [0.2, 0.25) is 5.88 Å². The molecule has 0 atom stereocenters. The Morgan fingerprint density at radius 2 is 1.79 bits per heavy atom. The minimum atomic E-state index is -0.262. The van der Waals surface area contributed by atoms with E-state index in [2.05, 4.69) is 20.6 Å². The highest BCUT2D eigenvalue weighted by atomic mass is 16.5. The van der Waals surface area contributed by atoms with E-state index in [9.17, 15) is 0 Å². The highest BCUT2D eigenvalue weighted by molar-refractivity contribution is 5.79. The monoisotopic (exact) mass is 386 g/mol. The highest BCUT2D eigenvalue weighted by Gasteiger charge is 2.16. The lowest BCUT2D eigenvalue weighted by atomic mass is 10.1. The number of pyridine rings is 1. The minimum Gasteiger partial charge on any atom is -0.490 e. The summed E-state index contributed by atoms with van der Waals surface area (Å²) in [5, 5.41) is 6.50. The normalized spacial score (nSPS) is 11.8. The number of rotatable bonds is 10. The Hall–Kier alpha value is -2.80. The van der Waals surface area contributed by atoms with Crippen LogP contribution in [0.2, 0.25) is 0 Å². The maximum absolute atomic E-state index is 5.61. The molecule has 2 N–H and O–H groups in total. The standard InChI is InChI=1S/C21H30N4O3/c1-21(2,26-4)16-25-20(22-3)24-15-17-10-11-19(23-14-17)28-13-12-27-18-8-6-5-7-9-18/h5-11,14H,12-13,15-16H2,1-4H3,(H2,22,24,25). The zero-order valence-corrected chi connectivity index (χ0v) is 17.1. The summed E-state index contributed by atoms with van der Waals surface area (Å²) in [6.45, 7) is 6.19. The summed E-state index contributed by atoms with van der Waals surface area (Å²) >= 11 is 0. The van der Waals surface area contributed by atoms with Crippen molar-refractivity contribution in [3.05, 3.63) is 54.2 Å². The Kier molecular flexibility index (Phi) is 8.55. The van der Waals surface area contributed by atoms with Crippen LogP contribution in [0.4, 0.5) is 0 Å². The number of aromatic nitrogens is 1. The van der Waals surface area contributed by atoms with Crippen molar-refractivity contribution in [1.29, 1.82) is 0 Å². The van der Waals surface area contributed by atoms with Gasteiger partial charge in [-0.25, -0.2) is 4.98 Å². The molecule has 7 nitrogen and oxygen atoms in total. The Balaban J connectivity index is 1.70. The molecule has 0 unspecified atom stereocenters. The van der Waals surface area contributed by atoms with Crippen molar-refractivity contribution >= 4 is 5.96 Å². The van der Waals surface area contributed by atoms with Crippen LogP contribution in [-0.2, 0) is 11.3 Å². The molecule has 28 heavy (non-hydrogen) atoms. The van der Waals surface area contributed by atoms with E-state index in [-0.39, 0.29) is 5.60 Å². The van der Waals surface area contributed by atoms with E-state index >= 15 is 0 Å². The van der Waals surface area contributed by atoms with Gasteiger partial charge in [-0.3, -0.25) is 4.99 Å². The average Bonchev–Trinajstić information content (AvgIpc) is 2.73. The number of ether oxygens (including phenoxy) is 3. The summed E-state index contributed by atoms with van der Waals surface area (Å²) in [4.78, 5) is 8.54. The summed E-state index contributed by atoms with van der Waals surface area (Å²) in [6, 6.07) is 13.5. The first-order chi connectivity index (χ1) is 13.5. The molecule has 0 spiro atoms. The van der Waals surface area contributed by atoms with Gasteiger partial charge in [-0.15, -0.1) is 0 Å². The maximum atomic E-state index is 5.61. The first-order valence-corrected chi connectivity index (χ1v) is 9.27. The molecule has 0 radical (unpaired) electrons. The van der Waals surface area contributed by atoms with E-state index in [0.29, 0.717) is 38.1 Å². The summed E-state index contributed by atoms with van der Waals surface area (Å²) in [5.41, 5.74) is 0.768. The zero-order valence-electron chi connectivity index (χ0n) is 17.1. The first-order valence-electron chi connectivity index (χ1n) is 9.27. The highest BCUT2D eigenvalue weighted by Crippen LogP contribution is 2.10. The van der Waals surface area contributed by atoms with Gasteiger partial charge in [0, 0.05) is 39.5 Å². The fraction of sp³-hybridized carbons (Fsp3) is 0.429. The zero-order chi connectivity index (χ0) is 20.2. The van der Waals surface area contributed by atoms with Crippen LogP contribution in [0.25, 0.3) is 0 Å². The van der Waals surface area contributed by atoms with Gasteiger partial charge in [0.05, 0.1) is 5.60 Å². The predicted molar refractivity (Wildman–Crippen MR) is 111 cm³/mol. The molecule has 1 aromatic heterocycles. The number of nitrogens with one attached hydrogen (secondary N) is 2. The van der Waals surface area contributed by atoms with Gasteiger partial charge in [-0.2, -0.15) is 0 Å². The van der Waals surface area contributed by atoms with Crippen LogP contribution in [0.1, 0.15) is 19.4 Å². The molecule has 0 fully saturated rings. The molecule has 0 saturated carbocycles. The number of guanidine groups is 1. The molecule has 2 rings (SSSR count). The minimum absolute atomic E-state index is 0.262. The Morgan fingerprint density at radius 3 is 2.43 bits per heavy atom. The van der Waals surface area contributed by atoms with Crippen LogP contribution in [0.3, 0.4) is 0 Å². The summed E-state index contributed by atoms with van der Waals surface area (Å²) in [7, 11) is 3.43. The third-order valence-electron chi connectivity index (χ3n) is 4.06. The van der Waals surface area contributed by atoms with E-state index in [1.165, 1.54) is 0 Å². The summed E-state index contributed by atoms with van der Waals surface area (Å²) in [5.74, 6) is 2.12. The number of methoxy groups -OCH3 is 1. The third kappa shape index (κ3) is 7.84. The van der Waals surface area contributed by atoms with E-state index < -0.39 is 0 Å². The second kappa shape index (κ2) is 11.1. The smallest absolute Gasteiger partial charge is 0.213 e. The molecule has 0 saturated heterocycles. The van der Waals surface area contributed by atoms with Crippen molar-refractivity contribution in [3.8, 4) is 11.6 Å². The topological polar surface area (TPSA) is 77.0 Å². The number of aliphatic imine (C=N–C) groups is 1. The van der Waals surface area contributed by atoms with E-state index in [0.717, 1.165) is 11.3 Å². The summed E-state index contributed by atoms with van der Waals surface area (Å²) < 4.78 is 16.6. The summed E-state index contributed by atoms with van der Waals surface area (Å²) in [6.07, 6.45) is 1.78. The van der Waals surface area contributed by atoms with Crippen LogP contribution in [0, 0.1) is 0 Å². The molecular formula is C21H30N4O3. The van der Waals surface area contributed by atoms with Gasteiger partial charge in [0.15, 0.2) is 5.96 Å². The quantitative estimate of drug-likeness (QED) is 0.371. The third-order valence-corrected chi connectivity index (χ3v) is 4.06. The molecule has 1 heterocycles. The van der Waals surface area contributed by atoms with Crippen LogP contribution < -0.4 is 20.1 Å². The van der Waals surface area contributed by atoms with E-state index in [1.54, 1.807) is 20.4 Å². The van der Waals surface area contributed by atoms with E-state index in [4.69, 9.17) is 14.2 Å². The molecule has 152 valence electrons. The fourth-order valence-corrected chi connectivity index (χ4v) is 2.20. The maximum Gasteiger partial charge on any atom is 0.213 e. The average molecular weight is 386 g/mol. The van der Waals surface area contributed by atoms with Crippen LogP contribution in [0.5, 0.6) is 11.6 Å². The largest absolute Gasteiger partial charge is 0.490 e. The number of hydrogen-bond donors (Lipinski definition) is 2. The predicted octanol–water partition coefficient (Wildman–Crippen LogP) is 2.63. The van der Waals surface area contributed by atoms with Gasteiger partial charge in [-0.05, 0) is 31.5 Å². The van der Waals surface area contributed by atoms with Crippen LogP contribution in [0.15, 0.2) is 53.7 Å². The second-order valence-electron chi connectivity index (χ2n) is 6.76. The SMILES string of the molecule is CN=C(NCc1ccc(OCCOc2ccccc2)nc1)NCC(C)(C)OC. The van der Waals surface area contributed by atoms with Crippen molar-refractivity contribution in [1.82, 2.24) is 15.6 Å². The van der Waals surface area contributed by atoms with Crippen molar-refractivity contribution in [2.75, 3.05) is 33.9 Å². The van der Waals surface area contributed by atoms with E-state index in [1.807, 2.05) is 56.3 Å². The van der Waals surface area contributed by atoms with Crippen molar-refractivity contribution < 1.29 is 14.2 Å². The van der Waals surface area contributed by atoms with Crippen LogP contribution >= 0.6 is 0 Å². The van der Waals surface area contributed by atoms with Gasteiger partial charge in [0.1, 0.15) is 19.0 Å². The molecule has 2 aromatic rings. The Bertz CT molecular complexity index is 718. The Labute approximate surface area is 167 Å². The Morgan fingerprint density at radius 1 is 1.04 bits per heavy atom. The van der Waals surface area contributed by atoms with Crippen molar-refractivity contribution in [3.63, 3.8) is 0 Å². The molecule has 7 heteroatoms. The lowest BCUT2D eigenvalue weighted by Gasteiger charge is -2.24. The molecule has 0 aliphatic rings. The van der Waals surface area contributed by atoms with Crippen molar-refractivity contribution in [2.45, 2.75) is 26.0 Å². The number of para-hydroxylation sites is 1. The van der Waals surface area contributed by atoms with Crippen molar-refractivity contribution in [2.24, 2.45) is 4.99 Å². The fourth-order valence-electron chi connectivity index (χ4n) is 2.20. The molecular weight excluding hydrogens is 356 g/mol. The van der Waals surface area contributed by atoms with Gasteiger partial charge < -0.3 is 24.8 Å². The molecule has 0 bridgehead atoms. The lowest BCUT2D eigenvalue weighted by Crippen LogP contribution is -2.45. The van der Waals surface area contributed by atoms with Gasteiger partial charge >= 0.3 is 0 Å². The first kappa shape index (κ1) is 21.5. The number of hydrogen-bond acceptors (Lipinski definition) is 5.